The van der Waals surface area contributed by atoms with Gasteiger partial charge < -0.3 is 9.84 Å². The monoisotopic (exact) mass is 340 g/mol. The van der Waals surface area contributed by atoms with Crippen LogP contribution in [0.2, 0.25) is 0 Å². The topological polar surface area (TPSA) is 46.5 Å². The summed E-state index contributed by atoms with van der Waals surface area (Å²) in [7, 11) is 0. The predicted octanol–water partition coefficient (Wildman–Crippen LogP) is 5.95. The van der Waals surface area contributed by atoms with Crippen molar-refractivity contribution in [3.8, 4) is 0 Å². The number of carbonyl (C=O) groups is 1. The Hall–Kier alpha value is -0.830. The van der Waals surface area contributed by atoms with Crippen molar-refractivity contribution in [2.75, 3.05) is 13.2 Å². The maximum Gasteiger partial charge on any atom is 0.333 e. The van der Waals surface area contributed by atoms with E-state index in [1.165, 1.54) is 70.6 Å². The van der Waals surface area contributed by atoms with Crippen LogP contribution in [0, 0.1) is 0 Å². The Balaban J connectivity index is 3.24. The highest BCUT2D eigenvalue weighted by Crippen LogP contribution is 2.12. The van der Waals surface area contributed by atoms with Crippen LogP contribution in [0.15, 0.2) is 11.6 Å². The van der Waals surface area contributed by atoms with Crippen molar-refractivity contribution in [2.24, 2.45) is 0 Å². The second kappa shape index (κ2) is 18.5. The summed E-state index contributed by atoms with van der Waals surface area (Å²) in [6.07, 6.45) is 19.4. The van der Waals surface area contributed by atoms with Crippen molar-refractivity contribution in [2.45, 2.75) is 104 Å². The number of aliphatic hydroxyl groups is 1. The largest absolute Gasteiger partial charge is 0.462 e. The van der Waals surface area contributed by atoms with Gasteiger partial charge in [-0.3, -0.25) is 0 Å². The van der Waals surface area contributed by atoms with E-state index in [9.17, 15) is 4.79 Å². The van der Waals surface area contributed by atoms with Gasteiger partial charge >= 0.3 is 5.97 Å². The first kappa shape index (κ1) is 23.2. The zero-order valence-electron chi connectivity index (χ0n) is 16.2. The average Bonchev–Trinajstić information content (AvgIpc) is 2.59. The van der Waals surface area contributed by atoms with Crippen molar-refractivity contribution < 1.29 is 14.6 Å². The predicted molar refractivity (Wildman–Crippen MR) is 102 cm³/mol. The minimum absolute atomic E-state index is 0.0729. The molecule has 0 radical (unpaired) electrons. The molecule has 0 rings (SSSR count). The highest BCUT2D eigenvalue weighted by atomic mass is 16.5. The molecule has 0 saturated heterocycles. The van der Waals surface area contributed by atoms with Gasteiger partial charge in [-0.15, -0.1) is 0 Å². The van der Waals surface area contributed by atoms with E-state index in [2.05, 4.69) is 6.92 Å². The number of carbonyl (C=O) groups excluding carboxylic acids is 1. The Morgan fingerprint density at radius 1 is 0.833 bits per heavy atom. The molecule has 0 aliphatic rings. The second-order valence-electron chi connectivity index (χ2n) is 6.78. The molecule has 0 unspecified atom stereocenters. The van der Waals surface area contributed by atoms with Gasteiger partial charge in [-0.1, -0.05) is 90.0 Å². The lowest BCUT2D eigenvalue weighted by molar-refractivity contribution is -0.139. The summed E-state index contributed by atoms with van der Waals surface area (Å²) in [6, 6.07) is 0. The van der Waals surface area contributed by atoms with Gasteiger partial charge in [0.1, 0.15) is 0 Å². The molecule has 0 aliphatic heterocycles. The van der Waals surface area contributed by atoms with Crippen LogP contribution < -0.4 is 0 Å². The normalized spacial score (nSPS) is 11.7. The average molecular weight is 341 g/mol. The Kier molecular flexibility index (Phi) is 17.9. The van der Waals surface area contributed by atoms with E-state index in [0.29, 0.717) is 18.6 Å². The molecule has 0 bridgehead atoms. The van der Waals surface area contributed by atoms with Gasteiger partial charge in [-0.2, -0.15) is 0 Å². The standard InChI is InChI=1S/C21H40O3/c1-3-4-5-6-7-8-9-10-11-12-13-14-15-19-24-21(23)20(2)17-16-18-22/h17,22H,3-16,18-19H2,1-2H3. The number of hydrogen-bond donors (Lipinski definition) is 1. The molecule has 0 atom stereocenters. The lowest BCUT2D eigenvalue weighted by atomic mass is 10.0. The molecule has 0 aromatic rings. The van der Waals surface area contributed by atoms with Crippen LogP contribution in [0.4, 0.5) is 0 Å². The summed E-state index contributed by atoms with van der Waals surface area (Å²) >= 11 is 0. The van der Waals surface area contributed by atoms with E-state index in [-0.39, 0.29) is 12.6 Å². The molecule has 0 fully saturated rings. The molecule has 24 heavy (non-hydrogen) atoms. The molecule has 0 spiro atoms. The molecule has 0 heterocycles. The fourth-order valence-electron chi connectivity index (χ4n) is 2.76. The molecule has 0 amide bonds. The highest BCUT2D eigenvalue weighted by Gasteiger charge is 2.04. The molecule has 0 aromatic heterocycles. The third-order valence-electron chi connectivity index (χ3n) is 4.38. The van der Waals surface area contributed by atoms with Crippen molar-refractivity contribution in [1.29, 1.82) is 0 Å². The van der Waals surface area contributed by atoms with Gasteiger partial charge in [0.15, 0.2) is 0 Å². The van der Waals surface area contributed by atoms with Crippen LogP contribution in [0.5, 0.6) is 0 Å². The summed E-state index contributed by atoms with van der Waals surface area (Å²) in [4.78, 5) is 11.6. The van der Waals surface area contributed by atoms with E-state index in [1.54, 1.807) is 13.0 Å². The molecule has 3 heteroatoms. The molecular formula is C21H40O3. The quantitative estimate of drug-likeness (QED) is 0.202. The van der Waals surface area contributed by atoms with Crippen LogP contribution >= 0.6 is 0 Å². The van der Waals surface area contributed by atoms with E-state index in [0.717, 1.165) is 12.8 Å². The zero-order chi connectivity index (χ0) is 17.9. The number of unbranched alkanes of at least 4 members (excludes halogenated alkanes) is 12. The van der Waals surface area contributed by atoms with E-state index >= 15 is 0 Å². The summed E-state index contributed by atoms with van der Waals surface area (Å²) in [5.41, 5.74) is 0.596. The van der Waals surface area contributed by atoms with Gasteiger partial charge in [0.2, 0.25) is 0 Å². The van der Waals surface area contributed by atoms with Crippen LogP contribution in [-0.4, -0.2) is 24.3 Å². The maximum atomic E-state index is 11.6. The molecule has 1 N–H and O–H groups in total. The molecule has 3 nitrogen and oxygen atoms in total. The summed E-state index contributed by atoms with van der Waals surface area (Å²) in [5.74, 6) is -0.248. The second-order valence-corrected chi connectivity index (χ2v) is 6.78. The fourth-order valence-corrected chi connectivity index (χ4v) is 2.76. The zero-order valence-corrected chi connectivity index (χ0v) is 16.2. The summed E-state index contributed by atoms with van der Waals surface area (Å²) in [6.45, 7) is 4.59. The number of hydrogen-bond acceptors (Lipinski definition) is 3. The van der Waals surface area contributed by atoms with Gasteiger partial charge in [-0.25, -0.2) is 4.79 Å². The van der Waals surface area contributed by atoms with E-state index in [4.69, 9.17) is 9.84 Å². The van der Waals surface area contributed by atoms with Gasteiger partial charge in [0.05, 0.1) is 6.61 Å². The first-order chi connectivity index (χ1) is 11.7. The van der Waals surface area contributed by atoms with Crippen molar-refractivity contribution >= 4 is 5.97 Å². The Morgan fingerprint density at radius 2 is 1.29 bits per heavy atom. The van der Waals surface area contributed by atoms with Crippen molar-refractivity contribution in [3.63, 3.8) is 0 Å². The van der Waals surface area contributed by atoms with Crippen LogP contribution in [0.3, 0.4) is 0 Å². The van der Waals surface area contributed by atoms with Gasteiger partial charge in [0, 0.05) is 12.2 Å². The summed E-state index contributed by atoms with van der Waals surface area (Å²) in [5, 5.41) is 8.71. The number of aliphatic hydroxyl groups excluding tert-OH is 1. The Bertz CT molecular complexity index is 310. The molecule has 0 aliphatic carbocycles. The first-order valence-corrected chi connectivity index (χ1v) is 10.2. The van der Waals surface area contributed by atoms with E-state index in [1.807, 2.05) is 0 Å². The summed E-state index contributed by atoms with van der Waals surface area (Å²) < 4.78 is 5.21. The third-order valence-corrected chi connectivity index (χ3v) is 4.38. The molecule has 0 aromatic carbocycles. The number of esters is 1. The first-order valence-electron chi connectivity index (χ1n) is 10.2. The van der Waals surface area contributed by atoms with Crippen LogP contribution in [-0.2, 0) is 9.53 Å². The van der Waals surface area contributed by atoms with Crippen LogP contribution in [0.1, 0.15) is 104 Å². The van der Waals surface area contributed by atoms with Crippen LogP contribution in [0.25, 0.3) is 0 Å². The maximum absolute atomic E-state index is 11.6. The molecular weight excluding hydrogens is 300 g/mol. The van der Waals surface area contributed by atoms with Crippen molar-refractivity contribution in [3.05, 3.63) is 11.6 Å². The lowest BCUT2D eigenvalue weighted by Gasteiger charge is -2.05. The van der Waals surface area contributed by atoms with Crippen molar-refractivity contribution in [1.82, 2.24) is 0 Å². The fraction of sp³-hybridized carbons (Fsp3) is 0.857. The van der Waals surface area contributed by atoms with Gasteiger partial charge in [-0.05, 0) is 19.8 Å². The minimum Gasteiger partial charge on any atom is -0.462 e. The SMILES string of the molecule is CCCCCCCCCCCCCCCOC(=O)C(C)=CCCO. The smallest absolute Gasteiger partial charge is 0.333 e. The Morgan fingerprint density at radius 3 is 1.75 bits per heavy atom. The minimum atomic E-state index is -0.248. The Labute approximate surface area is 149 Å². The lowest BCUT2D eigenvalue weighted by Crippen LogP contribution is -2.07. The molecule has 0 saturated carbocycles. The third kappa shape index (κ3) is 16.0. The highest BCUT2D eigenvalue weighted by molar-refractivity contribution is 5.87. The van der Waals surface area contributed by atoms with Gasteiger partial charge in [0.25, 0.3) is 0 Å². The molecule has 142 valence electrons. The number of rotatable bonds is 17. The van der Waals surface area contributed by atoms with E-state index < -0.39 is 0 Å². The number of ether oxygens (including phenoxy) is 1.